The molecular formula is C19H16ClN5O2S. The summed E-state index contributed by atoms with van der Waals surface area (Å²) in [6.45, 7) is 0. The van der Waals surface area contributed by atoms with E-state index in [9.17, 15) is 8.42 Å². The fraction of sp³-hybridized carbons (Fsp3) is 0.263. The smallest absolute Gasteiger partial charge is 0.241 e. The molecule has 4 aromatic rings. The molecule has 3 saturated carbocycles. The molecule has 142 valence electrons. The summed E-state index contributed by atoms with van der Waals surface area (Å²) in [7, 11) is -3.57. The number of nitrogens with one attached hydrogen (secondary N) is 2. The third-order valence-corrected chi connectivity index (χ3v) is 7.93. The van der Waals surface area contributed by atoms with Crippen LogP contribution in [0.5, 0.6) is 0 Å². The summed E-state index contributed by atoms with van der Waals surface area (Å²) in [5.74, 6) is 0. The van der Waals surface area contributed by atoms with Crippen LogP contribution in [-0.4, -0.2) is 33.5 Å². The molecule has 2 bridgehead atoms. The molecule has 3 aliphatic carbocycles. The number of nitrogens with zero attached hydrogens (tertiary/aromatic N) is 3. The van der Waals surface area contributed by atoms with Crippen LogP contribution in [0.1, 0.15) is 19.3 Å². The van der Waals surface area contributed by atoms with Crippen molar-refractivity contribution in [3.8, 4) is 0 Å². The van der Waals surface area contributed by atoms with Crippen LogP contribution in [0.3, 0.4) is 0 Å². The van der Waals surface area contributed by atoms with Crippen LogP contribution >= 0.6 is 11.6 Å². The van der Waals surface area contributed by atoms with E-state index < -0.39 is 10.0 Å². The Bertz CT molecular complexity index is 1340. The minimum Gasteiger partial charge on any atom is -0.346 e. The zero-order valence-corrected chi connectivity index (χ0v) is 16.3. The van der Waals surface area contributed by atoms with Gasteiger partial charge in [0.1, 0.15) is 11.2 Å². The Kier molecular flexibility index (Phi) is 3.03. The van der Waals surface area contributed by atoms with Crippen LogP contribution in [0.15, 0.2) is 53.9 Å². The van der Waals surface area contributed by atoms with E-state index in [4.69, 9.17) is 11.6 Å². The highest BCUT2D eigenvalue weighted by Crippen LogP contribution is 2.66. The van der Waals surface area contributed by atoms with Gasteiger partial charge in [0.25, 0.3) is 0 Å². The topological polar surface area (TPSA) is 92.7 Å². The molecule has 0 saturated heterocycles. The van der Waals surface area contributed by atoms with Gasteiger partial charge in [-0.2, -0.15) is 0 Å². The lowest BCUT2D eigenvalue weighted by atomic mass is 9.44. The monoisotopic (exact) mass is 413 g/mol. The van der Waals surface area contributed by atoms with Crippen LogP contribution in [0.2, 0.25) is 5.02 Å². The number of aromatic amines is 1. The molecule has 9 heteroatoms. The standard InChI is InChI=1S/C19H16ClN5O2S/c20-12-1-3-13(4-2-12)28(26,27)24-18-8-19(9-18,10-18)25-11-23-15-7-22-17-14(16(15)25)5-6-21-17/h1-7,11,24H,8-10H2,(H,21,22). The molecule has 7 rings (SSSR count). The molecule has 2 N–H and O–H groups in total. The molecule has 0 aliphatic heterocycles. The first-order chi connectivity index (χ1) is 13.4. The molecule has 3 aliphatic rings. The maximum absolute atomic E-state index is 12.7. The molecule has 0 unspecified atom stereocenters. The lowest BCUT2D eigenvalue weighted by Crippen LogP contribution is -2.78. The maximum Gasteiger partial charge on any atom is 0.241 e. The van der Waals surface area contributed by atoms with E-state index in [1.165, 1.54) is 12.1 Å². The van der Waals surface area contributed by atoms with E-state index in [2.05, 4.69) is 24.2 Å². The van der Waals surface area contributed by atoms with Crippen molar-refractivity contribution in [3.05, 3.63) is 54.1 Å². The van der Waals surface area contributed by atoms with Gasteiger partial charge in [-0.1, -0.05) is 11.6 Å². The average molecular weight is 414 g/mol. The van der Waals surface area contributed by atoms with E-state index in [1.54, 1.807) is 18.3 Å². The second-order valence-electron chi connectivity index (χ2n) is 7.94. The summed E-state index contributed by atoms with van der Waals surface area (Å²) in [5, 5.41) is 1.55. The van der Waals surface area contributed by atoms with Gasteiger partial charge in [-0.3, -0.25) is 0 Å². The number of aromatic nitrogens is 4. The Balaban J connectivity index is 1.30. The predicted molar refractivity (Wildman–Crippen MR) is 106 cm³/mol. The first kappa shape index (κ1) is 16.5. The normalized spacial score (nSPS) is 26.3. The lowest BCUT2D eigenvalue weighted by molar-refractivity contribution is -0.122. The van der Waals surface area contributed by atoms with Gasteiger partial charge >= 0.3 is 0 Å². The van der Waals surface area contributed by atoms with Crippen molar-refractivity contribution >= 4 is 43.7 Å². The fourth-order valence-electron chi connectivity index (χ4n) is 4.92. The number of hydrogen-bond donors (Lipinski definition) is 2. The summed E-state index contributed by atoms with van der Waals surface area (Å²) in [6, 6.07) is 8.25. The van der Waals surface area contributed by atoms with Gasteiger partial charge in [-0.25, -0.2) is 23.1 Å². The van der Waals surface area contributed by atoms with Crippen LogP contribution in [0.4, 0.5) is 0 Å². The number of rotatable bonds is 4. The van der Waals surface area contributed by atoms with Gasteiger partial charge in [0.15, 0.2) is 0 Å². The molecule has 3 fully saturated rings. The molecular weight excluding hydrogens is 398 g/mol. The zero-order valence-electron chi connectivity index (χ0n) is 14.7. The summed E-state index contributed by atoms with van der Waals surface area (Å²) in [6.07, 6.45) is 7.77. The number of imidazole rings is 1. The lowest BCUT2D eigenvalue weighted by Gasteiger charge is -2.70. The first-order valence-electron chi connectivity index (χ1n) is 8.99. The van der Waals surface area contributed by atoms with E-state index in [1.807, 2.05) is 18.6 Å². The third-order valence-electron chi connectivity index (χ3n) is 6.08. The Morgan fingerprint density at radius 3 is 2.61 bits per heavy atom. The molecule has 0 spiro atoms. The highest BCUT2D eigenvalue weighted by Gasteiger charge is 2.70. The van der Waals surface area contributed by atoms with Gasteiger partial charge in [0.05, 0.1) is 28.5 Å². The van der Waals surface area contributed by atoms with Crippen molar-refractivity contribution in [1.82, 2.24) is 24.2 Å². The van der Waals surface area contributed by atoms with Gasteiger partial charge in [-0.05, 0) is 49.6 Å². The fourth-order valence-corrected chi connectivity index (χ4v) is 6.45. The summed E-state index contributed by atoms with van der Waals surface area (Å²) in [4.78, 5) is 12.3. The van der Waals surface area contributed by atoms with Crippen molar-refractivity contribution in [2.75, 3.05) is 0 Å². The zero-order chi connectivity index (χ0) is 19.1. The van der Waals surface area contributed by atoms with Crippen LogP contribution in [-0.2, 0) is 15.6 Å². The number of halogens is 1. The van der Waals surface area contributed by atoms with Crippen molar-refractivity contribution in [3.63, 3.8) is 0 Å². The van der Waals surface area contributed by atoms with Crippen molar-refractivity contribution < 1.29 is 8.42 Å². The number of H-pyrrole nitrogens is 1. The van der Waals surface area contributed by atoms with Crippen molar-refractivity contribution in [1.29, 1.82) is 0 Å². The van der Waals surface area contributed by atoms with Gasteiger partial charge in [-0.15, -0.1) is 0 Å². The first-order valence-corrected chi connectivity index (χ1v) is 10.9. The number of sulfonamides is 1. The second-order valence-corrected chi connectivity index (χ2v) is 10.1. The quantitative estimate of drug-likeness (QED) is 0.537. The summed E-state index contributed by atoms with van der Waals surface area (Å²) in [5.41, 5.74) is 2.29. The Morgan fingerprint density at radius 2 is 1.86 bits per heavy atom. The van der Waals surface area contributed by atoms with Gasteiger partial charge in [0, 0.05) is 22.1 Å². The van der Waals surface area contributed by atoms with Crippen molar-refractivity contribution in [2.45, 2.75) is 35.2 Å². The largest absolute Gasteiger partial charge is 0.346 e. The molecule has 3 aromatic heterocycles. The van der Waals surface area contributed by atoms with E-state index in [0.717, 1.165) is 41.3 Å². The van der Waals surface area contributed by atoms with Crippen LogP contribution < -0.4 is 4.72 Å². The number of hydrogen-bond acceptors (Lipinski definition) is 4. The molecule has 0 atom stereocenters. The molecule has 0 radical (unpaired) electrons. The minimum absolute atomic E-state index is 0.0805. The highest BCUT2D eigenvalue weighted by molar-refractivity contribution is 7.89. The summed E-state index contributed by atoms with van der Waals surface area (Å²) >= 11 is 5.87. The predicted octanol–water partition coefficient (Wildman–Crippen LogP) is 3.18. The minimum atomic E-state index is -3.57. The second kappa shape index (κ2) is 5.14. The van der Waals surface area contributed by atoms with Gasteiger partial charge in [0.2, 0.25) is 10.0 Å². The van der Waals surface area contributed by atoms with E-state index >= 15 is 0 Å². The number of pyridine rings is 1. The van der Waals surface area contributed by atoms with Gasteiger partial charge < -0.3 is 9.55 Å². The number of benzene rings is 1. The molecule has 7 nitrogen and oxygen atoms in total. The molecule has 0 amide bonds. The molecule has 1 aromatic carbocycles. The van der Waals surface area contributed by atoms with Crippen molar-refractivity contribution in [2.24, 2.45) is 0 Å². The average Bonchev–Trinajstić information content (AvgIpc) is 3.23. The van der Waals surface area contributed by atoms with Crippen LogP contribution in [0.25, 0.3) is 22.1 Å². The SMILES string of the molecule is O=S(=O)(NC12CC(n3cnc4cnc5[nH]ccc5c43)(C1)C2)c1ccc(Cl)cc1. The maximum atomic E-state index is 12.7. The molecule has 3 heterocycles. The molecule has 28 heavy (non-hydrogen) atoms. The number of fused-ring (bicyclic) bond motifs is 3. The Labute approximate surface area is 165 Å². The Morgan fingerprint density at radius 1 is 1.11 bits per heavy atom. The highest BCUT2D eigenvalue weighted by atomic mass is 35.5. The van der Waals surface area contributed by atoms with E-state index in [-0.39, 0.29) is 16.0 Å². The van der Waals surface area contributed by atoms with E-state index in [0.29, 0.717) is 5.02 Å². The van der Waals surface area contributed by atoms with Crippen LogP contribution in [0, 0.1) is 0 Å². The third kappa shape index (κ3) is 2.10. The Hall–Kier alpha value is -2.42. The summed E-state index contributed by atoms with van der Waals surface area (Å²) < 4.78 is 30.6.